The third kappa shape index (κ3) is 4.01. The number of carbonyl (C=O) groups is 1. The first kappa shape index (κ1) is 18.1. The maximum absolute atomic E-state index is 12.6. The second-order valence-corrected chi connectivity index (χ2v) is 6.97. The molecule has 0 aliphatic heterocycles. The summed E-state index contributed by atoms with van der Waals surface area (Å²) in [5.74, 6) is 2.46. The minimum Gasteiger partial charge on any atom is -0.497 e. The van der Waals surface area contributed by atoms with Gasteiger partial charge in [0.2, 0.25) is 5.95 Å². The molecular formula is C22H23N3O3. The van der Waals surface area contributed by atoms with Gasteiger partial charge in [0.1, 0.15) is 11.5 Å². The van der Waals surface area contributed by atoms with E-state index >= 15 is 0 Å². The summed E-state index contributed by atoms with van der Waals surface area (Å²) in [5, 5.41) is 2.87. The first-order chi connectivity index (χ1) is 13.7. The largest absolute Gasteiger partial charge is 0.497 e. The van der Waals surface area contributed by atoms with Crippen LogP contribution in [0.5, 0.6) is 11.5 Å². The number of methoxy groups -OCH3 is 2. The summed E-state index contributed by atoms with van der Waals surface area (Å²) >= 11 is 0. The van der Waals surface area contributed by atoms with E-state index in [4.69, 9.17) is 9.47 Å². The molecule has 0 radical (unpaired) electrons. The number of nitrogens with one attached hydrogen (secondary N) is 2. The zero-order valence-electron chi connectivity index (χ0n) is 16.0. The van der Waals surface area contributed by atoms with Crippen LogP contribution in [0, 0.1) is 5.92 Å². The fraction of sp³-hybridized carbons (Fsp3) is 0.273. The maximum Gasteiger partial charge on any atom is 0.257 e. The van der Waals surface area contributed by atoms with Gasteiger partial charge in [0.25, 0.3) is 5.91 Å². The van der Waals surface area contributed by atoms with E-state index < -0.39 is 0 Å². The van der Waals surface area contributed by atoms with Crippen molar-refractivity contribution in [3.8, 4) is 22.8 Å². The van der Waals surface area contributed by atoms with Gasteiger partial charge >= 0.3 is 0 Å². The van der Waals surface area contributed by atoms with Crippen molar-refractivity contribution in [2.75, 3.05) is 19.5 Å². The molecule has 144 valence electrons. The monoisotopic (exact) mass is 377 g/mol. The second-order valence-electron chi connectivity index (χ2n) is 6.97. The summed E-state index contributed by atoms with van der Waals surface area (Å²) in [6.07, 6.45) is 3.43. The number of nitrogens with zero attached hydrogens (tertiary/aromatic N) is 1. The van der Waals surface area contributed by atoms with Crippen LogP contribution in [-0.2, 0) is 6.42 Å². The van der Waals surface area contributed by atoms with Gasteiger partial charge in [-0.1, -0.05) is 0 Å². The van der Waals surface area contributed by atoms with Crippen LogP contribution < -0.4 is 14.8 Å². The molecule has 0 unspecified atom stereocenters. The van der Waals surface area contributed by atoms with Crippen molar-refractivity contribution in [2.24, 2.45) is 5.92 Å². The zero-order valence-corrected chi connectivity index (χ0v) is 16.0. The Bertz CT molecular complexity index is 958. The Kier molecular flexibility index (Phi) is 5.02. The normalized spacial score (nSPS) is 13.2. The molecule has 0 saturated heterocycles. The molecule has 6 heteroatoms. The molecule has 28 heavy (non-hydrogen) atoms. The number of carbonyl (C=O) groups excluding carboxylic acids is 1. The molecule has 6 nitrogen and oxygen atoms in total. The van der Waals surface area contributed by atoms with E-state index in [1.807, 2.05) is 24.3 Å². The summed E-state index contributed by atoms with van der Waals surface area (Å²) in [6, 6.07) is 14.8. The fourth-order valence-electron chi connectivity index (χ4n) is 3.14. The van der Waals surface area contributed by atoms with Crippen LogP contribution in [0.2, 0.25) is 0 Å². The molecule has 1 saturated carbocycles. The lowest BCUT2D eigenvalue weighted by Gasteiger charge is -2.03. The number of amides is 1. The molecular weight excluding hydrogens is 354 g/mol. The van der Waals surface area contributed by atoms with E-state index in [2.05, 4.69) is 15.3 Å². The molecule has 1 aliphatic rings. The summed E-state index contributed by atoms with van der Waals surface area (Å²) in [7, 11) is 3.24. The van der Waals surface area contributed by atoms with Gasteiger partial charge in [0, 0.05) is 16.8 Å². The molecule has 0 bridgehead atoms. The highest BCUT2D eigenvalue weighted by Gasteiger charge is 2.25. The van der Waals surface area contributed by atoms with Crippen LogP contribution in [-0.4, -0.2) is 30.1 Å². The highest BCUT2D eigenvalue weighted by molar-refractivity contribution is 6.03. The highest BCUT2D eigenvalue weighted by atomic mass is 16.5. The predicted molar refractivity (Wildman–Crippen MR) is 108 cm³/mol. The van der Waals surface area contributed by atoms with Crippen LogP contribution in [0.15, 0.2) is 48.5 Å². The SMILES string of the molecule is COc1ccc(C(=O)Nc2nc(-c3ccc(OC)cc3)c(CC3CC3)[nH]2)cc1. The van der Waals surface area contributed by atoms with Crippen molar-refractivity contribution >= 4 is 11.9 Å². The average Bonchev–Trinajstić information content (AvgIpc) is 3.47. The zero-order chi connectivity index (χ0) is 19.5. The van der Waals surface area contributed by atoms with E-state index in [1.54, 1.807) is 38.5 Å². The lowest BCUT2D eigenvalue weighted by Crippen LogP contribution is -2.12. The van der Waals surface area contributed by atoms with Gasteiger partial charge in [-0.25, -0.2) is 4.98 Å². The Morgan fingerprint density at radius 1 is 1.04 bits per heavy atom. The lowest BCUT2D eigenvalue weighted by molar-refractivity contribution is 0.102. The predicted octanol–water partition coefficient (Wildman–Crippen LogP) is 4.30. The second kappa shape index (κ2) is 7.76. The third-order valence-corrected chi connectivity index (χ3v) is 4.92. The number of aromatic nitrogens is 2. The molecule has 0 spiro atoms. The van der Waals surface area contributed by atoms with Gasteiger partial charge in [-0.15, -0.1) is 0 Å². The quantitative estimate of drug-likeness (QED) is 0.644. The minimum absolute atomic E-state index is 0.212. The van der Waals surface area contributed by atoms with Gasteiger partial charge in [0.05, 0.1) is 19.9 Å². The number of anilines is 1. The number of imidazole rings is 1. The summed E-state index contributed by atoms with van der Waals surface area (Å²) < 4.78 is 10.4. The molecule has 2 N–H and O–H groups in total. The van der Waals surface area contributed by atoms with Crippen molar-refractivity contribution in [3.63, 3.8) is 0 Å². The van der Waals surface area contributed by atoms with E-state index in [1.165, 1.54) is 12.8 Å². The number of rotatable bonds is 7. The Morgan fingerprint density at radius 2 is 1.64 bits per heavy atom. The molecule has 1 amide bonds. The Hall–Kier alpha value is -3.28. The number of hydrogen-bond acceptors (Lipinski definition) is 4. The molecule has 0 atom stereocenters. The van der Waals surface area contributed by atoms with Crippen LogP contribution in [0.3, 0.4) is 0 Å². The average molecular weight is 377 g/mol. The molecule has 1 aliphatic carbocycles. The van der Waals surface area contributed by atoms with E-state index in [0.717, 1.165) is 29.1 Å². The molecule has 1 fully saturated rings. The maximum atomic E-state index is 12.6. The van der Waals surface area contributed by atoms with Crippen LogP contribution >= 0.6 is 0 Å². The summed E-state index contributed by atoms with van der Waals surface area (Å²) in [6.45, 7) is 0. The molecule has 1 heterocycles. The van der Waals surface area contributed by atoms with Crippen LogP contribution in [0.25, 0.3) is 11.3 Å². The number of hydrogen-bond donors (Lipinski definition) is 2. The van der Waals surface area contributed by atoms with Crippen molar-refractivity contribution in [1.82, 2.24) is 9.97 Å². The van der Waals surface area contributed by atoms with Crippen LogP contribution in [0.1, 0.15) is 28.9 Å². The Labute approximate surface area is 163 Å². The number of H-pyrrole nitrogens is 1. The molecule has 3 aromatic rings. The first-order valence-corrected chi connectivity index (χ1v) is 9.35. The number of benzene rings is 2. The van der Waals surface area contributed by atoms with E-state index in [9.17, 15) is 4.79 Å². The smallest absolute Gasteiger partial charge is 0.257 e. The molecule has 4 rings (SSSR count). The Morgan fingerprint density at radius 3 is 2.21 bits per heavy atom. The highest BCUT2D eigenvalue weighted by Crippen LogP contribution is 2.35. The minimum atomic E-state index is -0.212. The van der Waals surface area contributed by atoms with E-state index in [0.29, 0.717) is 23.2 Å². The van der Waals surface area contributed by atoms with Gasteiger partial charge < -0.3 is 14.5 Å². The fourth-order valence-corrected chi connectivity index (χ4v) is 3.14. The number of aromatic amines is 1. The third-order valence-electron chi connectivity index (χ3n) is 4.92. The van der Waals surface area contributed by atoms with Gasteiger partial charge in [0.15, 0.2) is 0 Å². The van der Waals surface area contributed by atoms with Crippen LogP contribution in [0.4, 0.5) is 5.95 Å². The lowest BCUT2D eigenvalue weighted by atomic mass is 10.1. The molecule has 2 aromatic carbocycles. The Balaban J connectivity index is 1.57. The topological polar surface area (TPSA) is 76.2 Å². The summed E-state index contributed by atoms with van der Waals surface area (Å²) in [4.78, 5) is 20.5. The van der Waals surface area contributed by atoms with Crippen molar-refractivity contribution in [1.29, 1.82) is 0 Å². The van der Waals surface area contributed by atoms with Crippen molar-refractivity contribution in [3.05, 3.63) is 59.8 Å². The molecule has 1 aromatic heterocycles. The van der Waals surface area contributed by atoms with Crippen molar-refractivity contribution in [2.45, 2.75) is 19.3 Å². The van der Waals surface area contributed by atoms with Gasteiger partial charge in [-0.05, 0) is 73.7 Å². The first-order valence-electron chi connectivity index (χ1n) is 9.35. The van der Waals surface area contributed by atoms with Gasteiger partial charge in [-0.2, -0.15) is 0 Å². The standard InChI is InChI=1S/C22H23N3O3/c1-27-17-9-5-15(6-10-17)20-19(13-14-3-4-14)23-22(24-20)25-21(26)16-7-11-18(28-2)12-8-16/h5-12,14H,3-4,13H2,1-2H3,(H2,23,24,25,26). The van der Waals surface area contributed by atoms with E-state index in [-0.39, 0.29) is 5.91 Å². The number of ether oxygens (including phenoxy) is 2. The summed E-state index contributed by atoms with van der Waals surface area (Å²) in [5.41, 5.74) is 3.47. The van der Waals surface area contributed by atoms with Crippen molar-refractivity contribution < 1.29 is 14.3 Å². The van der Waals surface area contributed by atoms with Gasteiger partial charge in [-0.3, -0.25) is 10.1 Å².